The molecule has 5 heteroatoms. The Bertz CT molecular complexity index is 648. The topological polar surface area (TPSA) is 57.8 Å². The van der Waals surface area contributed by atoms with E-state index in [0.29, 0.717) is 5.56 Å². The van der Waals surface area contributed by atoms with E-state index in [2.05, 4.69) is 14.9 Å². The van der Waals surface area contributed by atoms with Crippen molar-refractivity contribution in [1.82, 2.24) is 14.9 Å². The monoisotopic (exact) mass is 243 g/mol. The fourth-order valence-electron chi connectivity index (χ4n) is 1.68. The zero-order chi connectivity index (χ0) is 11.7. The summed E-state index contributed by atoms with van der Waals surface area (Å²) in [5.41, 5.74) is 2.33. The molecule has 1 aliphatic heterocycles. The minimum atomic E-state index is -0.189. The molecule has 0 fully saturated rings. The first kappa shape index (κ1) is 10.2. The third-order valence-corrected chi connectivity index (χ3v) is 3.42. The second-order valence-corrected chi connectivity index (χ2v) is 4.45. The second kappa shape index (κ2) is 4.10. The Morgan fingerprint density at radius 1 is 1.18 bits per heavy atom. The lowest BCUT2D eigenvalue weighted by Crippen LogP contribution is -2.18. The van der Waals surface area contributed by atoms with Gasteiger partial charge in [0, 0.05) is 11.1 Å². The van der Waals surface area contributed by atoms with Gasteiger partial charge in [-0.2, -0.15) is 5.10 Å². The summed E-state index contributed by atoms with van der Waals surface area (Å²) in [4.78, 5) is 12.8. The maximum Gasteiger partial charge on any atom is 0.273 e. The summed E-state index contributed by atoms with van der Waals surface area (Å²) in [7, 11) is 0. The number of H-pyrrole nitrogens is 1. The van der Waals surface area contributed by atoms with Crippen LogP contribution in [-0.4, -0.2) is 10.2 Å². The molecule has 0 saturated carbocycles. The standard InChI is InChI=1S/C12H9N3OS/c16-12-9(5-6-13-14-12)10-7-8-3-1-2-4-11(8)17-15-10/h1-7,15H,(H,14,16). The van der Waals surface area contributed by atoms with Crippen LogP contribution in [-0.2, 0) is 0 Å². The first-order valence-corrected chi connectivity index (χ1v) is 5.94. The lowest BCUT2D eigenvalue weighted by Gasteiger charge is -2.16. The van der Waals surface area contributed by atoms with Crippen LogP contribution in [0.3, 0.4) is 0 Å². The van der Waals surface area contributed by atoms with Gasteiger partial charge in [-0.15, -0.1) is 0 Å². The zero-order valence-electron chi connectivity index (χ0n) is 8.81. The van der Waals surface area contributed by atoms with E-state index in [9.17, 15) is 4.79 Å². The van der Waals surface area contributed by atoms with Crippen LogP contribution in [0.4, 0.5) is 0 Å². The summed E-state index contributed by atoms with van der Waals surface area (Å²) in [6.45, 7) is 0. The molecule has 2 aromatic rings. The molecule has 0 bridgehead atoms. The van der Waals surface area contributed by atoms with E-state index in [-0.39, 0.29) is 5.56 Å². The lowest BCUT2D eigenvalue weighted by molar-refractivity contribution is 0.978. The number of aromatic nitrogens is 2. The van der Waals surface area contributed by atoms with E-state index < -0.39 is 0 Å². The van der Waals surface area contributed by atoms with Gasteiger partial charge in [-0.05, 0) is 35.7 Å². The van der Waals surface area contributed by atoms with Gasteiger partial charge in [-0.25, -0.2) is 5.10 Å². The molecule has 84 valence electrons. The highest BCUT2D eigenvalue weighted by Crippen LogP contribution is 2.30. The first-order chi connectivity index (χ1) is 8.34. The Balaban J connectivity index is 2.11. The van der Waals surface area contributed by atoms with Crippen molar-refractivity contribution < 1.29 is 0 Å². The van der Waals surface area contributed by atoms with Crippen LogP contribution in [0.25, 0.3) is 11.8 Å². The number of rotatable bonds is 1. The molecular weight excluding hydrogens is 234 g/mol. The van der Waals surface area contributed by atoms with Crippen molar-refractivity contribution in [3.63, 3.8) is 0 Å². The predicted octanol–water partition coefficient (Wildman–Crippen LogP) is 1.88. The normalized spacial score (nSPS) is 13.5. The predicted molar refractivity (Wildman–Crippen MR) is 68.2 cm³/mol. The summed E-state index contributed by atoms with van der Waals surface area (Å²) >= 11 is 1.51. The van der Waals surface area contributed by atoms with E-state index >= 15 is 0 Å². The molecule has 1 aliphatic rings. The highest BCUT2D eigenvalue weighted by Gasteiger charge is 2.13. The van der Waals surface area contributed by atoms with Crippen molar-refractivity contribution in [2.75, 3.05) is 0 Å². The maximum atomic E-state index is 11.6. The zero-order valence-corrected chi connectivity index (χ0v) is 9.62. The van der Waals surface area contributed by atoms with Crippen molar-refractivity contribution in [2.24, 2.45) is 0 Å². The van der Waals surface area contributed by atoms with Gasteiger partial charge in [0.25, 0.3) is 5.56 Å². The Morgan fingerprint density at radius 2 is 2.06 bits per heavy atom. The Labute approximate surface area is 102 Å². The summed E-state index contributed by atoms with van der Waals surface area (Å²) in [5, 5.41) is 6.11. The van der Waals surface area contributed by atoms with Gasteiger partial charge in [0.05, 0.1) is 11.3 Å². The number of fused-ring (bicyclic) bond motifs is 1. The van der Waals surface area contributed by atoms with Gasteiger partial charge < -0.3 is 4.72 Å². The van der Waals surface area contributed by atoms with Crippen molar-refractivity contribution >= 4 is 23.7 Å². The van der Waals surface area contributed by atoms with Gasteiger partial charge in [-0.1, -0.05) is 18.2 Å². The quantitative estimate of drug-likeness (QED) is 0.751. The number of hydrogen-bond donors (Lipinski definition) is 2. The van der Waals surface area contributed by atoms with Crippen LogP contribution in [0.2, 0.25) is 0 Å². The van der Waals surface area contributed by atoms with Gasteiger partial charge in [0.1, 0.15) is 0 Å². The van der Waals surface area contributed by atoms with Crippen LogP contribution in [0.15, 0.2) is 46.2 Å². The van der Waals surface area contributed by atoms with Crippen molar-refractivity contribution in [2.45, 2.75) is 4.90 Å². The Kier molecular flexibility index (Phi) is 2.45. The average molecular weight is 243 g/mol. The SMILES string of the molecule is O=c1[nH]nccc1C1=Cc2ccccc2SN1. The molecule has 0 unspecified atom stereocenters. The number of hydrogen-bond acceptors (Lipinski definition) is 4. The summed E-state index contributed by atoms with van der Waals surface area (Å²) in [5.74, 6) is 0. The molecule has 17 heavy (non-hydrogen) atoms. The highest BCUT2D eigenvalue weighted by atomic mass is 32.2. The van der Waals surface area contributed by atoms with Crippen LogP contribution in [0, 0.1) is 0 Å². The minimum Gasteiger partial charge on any atom is -0.325 e. The van der Waals surface area contributed by atoms with E-state index in [0.717, 1.165) is 16.2 Å². The van der Waals surface area contributed by atoms with Crippen LogP contribution < -0.4 is 10.3 Å². The molecule has 0 aliphatic carbocycles. The molecule has 1 aromatic heterocycles. The summed E-state index contributed by atoms with van der Waals surface area (Å²) in [6.07, 6.45) is 3.54. The van der Waals surface area contributed by atoms with Gasteiger partial charge in [0.2, 0.25) is 0 Å². The van der Waals surface area contributed by atoms with Gasteiger partial charge in [-0.3, -0.25) is 4.79 Å². The summed E-state index contributed by atoms with van der Waals surface area (Å²) in [6, 6.07) is 9.74. The van der Waals surface area contributed by atoms with Crippen LogP contribution >= 0.6 is 11.9 Å². The van der Waals surface area contributed by atoms with E-state index in [1.165, 1.54) is 11.9 Å². The molecule has 0 amide bonds. The highest BCUT2D eigenvalue weighted by molar-refractivity contribution is 7.97. The van der Waals surface area contributed by atoms with Gasteiger partial charge >= 0.3 is 0 Å². The molecule has 0 saturated heterocycles. The average Bonchev–Trinajstić information content (AvgIpc) is 2.39. The van der Waals surface area contributed by atoms with Crippen LogP contribution in [0.1, 0.15) is 11.1 Å². The van der Waals surface area contributed by atoms with Crippen molar-refractivity contribution in [3.8, 4) is 0 Å². The van der Waals surface area contributed by atoms with E-state index in [1.54, 1.807) is 12.3 Å². The molecular formula is C12H9N3OS. The Morgan fingerprint density at radius 3 is 2.94 bits per heavy atom. The number of nitrogens with zero attached hydrogens (tertiary/aromatic N) is 1. The molecule has 0 atom stereocenters. The molecule has 1 aromatic carbocycles. The molecule has 2 N–H and O–H groups in total. The van der Waals surface area contributed by atoms with E-state index in [1.807, 2.05) is 30.3 Å². The number of benzene rings is 1. The minimum absolute atomic E-state index is 0.189. The largest absolute Gasteiger partial charge is 0.325 e. The van der Waals surface area contributed by atoms with Crippen molar-refractivity contribution in [3.05, 3.63) is 58.0 Å². The lowest BCUT2D eigenvalue weighted by atomic mass is 10.1. The maximum absolute atomic E-state index is 11.6. The fourth-order valence-corrected chi connectivity index (χ4v) is 2.46. The molecule has 0 radical (unpaired) electrons. The molecule has 0 spiro atoms. The number of nitrogens with one attached hydrogen (secondary N) is 2. The molecule has 3 rings (SSSR count). The fraction of sp³-hybridized carbons (Fsp3) is 0. The van der Waals surface area contributed by atoms with Crippen molar-refractivity contribution in [1.29, 1.82) is 0 Å². The first-order valence-electron chi connectivity index (χ1n) is 5.12. The third kappa shape index (κ3) is 1.85. The van der Waals surface area contributed by atoms with Crippen LogP contribution in [0.5, 0.6) is 0 Å². The van der Waals surface area contributed by atoms with E-state index in [4.69, 9.17) is 0 Å². The molecule has 2 heterocycles. The Hall–Kier alpha value is -2.01. The smallest absolute Gasteiger partial charge is 0.273 e. The van der Waals surface area contributed by atoms with Gasteiger partial charge in [0.15, 0.2) is 0 Å². The molecule has 4 nitrogen and oxygen atoms in total. The third-order valence-electron chi connectivity index (χ3n) is 2.51. The summed E-state index contributed by atoms with van der Waals surface area (Å²) < 4.78 is 3.16. The second-order valence-electron chi connectivity index (χ2n) is 3.60. The number of aromatic amines is 1.